The van der Waals surface area contributed by atoms with Crippen LogP contribution in [0.3, 0.4) is 0 Å². The van der Waals surface area contributed by atoms with Gasteiger partial charge in [-0.25, -0.2) is 4.79 Å². The average molecular weight is 380 g/mol. The van der Waals surface area contributed by atoms with E-state index in [2.05, 4.69) is 4.74 Å². The van der Waals surface area contributed by atoms with Gasteiger partial charge in [-0.3, -0.25) is 9.59 Å². The third-order valence-electron chi connectivity index (χ3n) is 4.35. The number of methoxy groups -OCH3 is 1. The first-order valence-electron chi connectivity index (χ1n) is 8.68. The second-order valence-electron chi connectivity index (χ2n) is 6.40. The quantitative estimate of drug-likeness (QED) is 0.492. The molecule has 0 amide bonds. The standard InChI is InChI=1S/C21H16O7/c1-25-20(23)12-4-6-14(7-5-12)27-18-11-26-17-10-15(8-9-16(17)19(18)22)28-21(24)13-2-3-13/h4-11,13H,2-3H2,1H3. The summed E-state index contributed by atoms with van der Waals surface area (Å²) in [6.45, 7) is 0. The minimum atomic E-state index is -0.463. The largest absolute Gasteiger partial charge is 0.465 e. The first-order chi connectivity index (χ1) is 13.5. The Kier molecular flexibility index (Phi) is 4.57. The first kappa shape index (κ1) is 17.8. The molecule has 3 aromatic rings. The molecule has 0 unspecified atom stereocenters. The zero-order valence-electron chi connectivity index (χ0n) is 15.0. The summed E-state index contributed by atoms with van der Waals surface area (Å²) in [6.07, 6.45) is 2.90. The fourth-order valence-corrected chi connectivity index (χ4v) is 2.65. The summed E-state index contributed by atoms with van der Waals surface area (Å²) in [6, 6.07) is 10.8. The highest BCUT2D eigenvalue weighted by atomic mass is 16.5. The SMILES string of the molecule is COC(=O)c1ccc(Oc2coc3cc(OC(=O)C4CC4)ccc3c2=O)cc1. The van der Waals surface area contributed by atoms with Crippen LogP contribution >= 0.6 is 0 Å². The number of ether oxygens (including phenoxy) is 3. The molecule has 0 spiro atoms. The molecule has 7 heteroatoms. The molecule has 1 saturated carbocycles. The Morgan fingerprint density at radius 3 is 2.43 bits per heavy atom. The van der Waals surface area contributed by atoms with Crippen LogP contribution in [0.15, 0.2) is 57.9 Å². The van der Waals surface area contributed by atoms with Crippen molar-refractivity contribution in [2.75, 3.05) is 7.11 Å². The van der Waals surface area contributed by atoms with Crippen LogP contribution in [0.4, 0.5) is 0 Å². The molecular weight excluding hydrogens is 364 g/mol. The van der Waals surface area contributed by atoms with Gasteiger partial charge in [0.05, 0.1) is 24.0 Å². The maximum absolute atomic E-state index is 12.6. The van der Waals surface area contributed by atoms with Crippen LogP contribution in [-0.4, -0.2) is 19.0 Å². The van der Waals surface area contributed by atoms with Gasteiger partial charge in [-0.15, -0.1) is 0 Å². The molecule has 142 valence electrons. The lowest BCUT2D eigenvalue weighted by molar-refractivity contribution is -0.135. The van der Waals surface area contributed by atoms with Crippen molar-refractivity contribution in [3.63, 3.8) is 0 Å². The molecule has 0 saturated heterocycles. The molecule has 0 aliphatic heterocycles. The van der Waals surface area contributed by atoms with E-state index in [4.69, 9.17) is 13.9 Å². The van der Waals surface area contributed by atoms with Crippen LogP contribution in [0.2, 0.25) is 0 Å². The zero-order valence-corrected chi connectivity index (χ0v) is 15.0. The topological polar surface area (TPSA) is 92.0 Å². The number of fused-ring (bicyclic) bond motifs is 1. The Bertz CT molecular complexity index is 1110. The van der Waals surface area contributed by atoms with E-state index in [1.807, 2.05) is 0 Å². The summed E-state index contributed by atoms with van der Waals surface area (Å²) >= 11 is 0. The summed E-state index contributed by atoms with van der Waals surface area (Å²) in [5.74, 6) is -0.0500. The third kappa shape index (κ3) is 3.59. The number of carbonyl (C=O) groups excluding carboxylic acids is 2. The van der Waals surface area contributed by atoms with E-state index in [0.29, 0.717) is 28.0 Å². The van der Waals surface area contributed by atoms with Crippen molar-refractivity contribution < 1.29 is 28.2 Å². The second-order valence-corrected chi connectivity index (χ2v) is 6.40. The third-order valence-corrected chi connectivity index (χ3v) is 4.35. The predicted octanol–water partition coefficient (Wildman–Crippen LogP) is 3.69. The van der Waals surface area contributed by atoms with Gasteiger partial charge in [0.1, 0.15) is 23.3 Å². The van der Waals surface area contributed by atoms with Crippen LogP contribution in [0, 0.1) is 5.92 Å². The molecule has 0 radical (unpaired) electrons. The van der Waals surface area contributed by atoms with Crippen molar-refractivity contribution >= 4 is 22.9 Å². The van der Waals surface area contributed by atoms with Crippen molar-refractivity contribution in [2.45, 2.75) is 12.8 Å². The first-order valence-corrected chi connectivity index (χ1v) is 8.68. The molecule has 1 aliphatic carbocycles. The van der Waals surface area contributed by atoms with Gasteiger partial charge in [0.2, 0.25) is 11.2 Å². The molecule has 7 nitrogen and oxygen atoms in total. The number of hydrogen-bond donors (Lipinski definition) is 0. The van der Waals surface area contributed by atoms with Crippen LogP contribution in [0.25, 0.3) is 11.0 Å². The summed E-state index contributed by atoms with van der Waals surface area (Å²) in [7, 11) is 1.30. The molecule has 1 aromatic heterocycles. The average Bonchev–Trinajstić information content (AvgIpc) is 3.55. The number of benzene rings is 2. The second kappa shape index (κ2) is 7.19. The van der Waals surface area contributed by atoms with Gasteiger partial charge >= 0.3 is 11.9 Å². The highest BCUT2D eigenvalue weighted by Gasteiger charge is 2.31. The molecule has 1 fully saturated rings. The molecule has 0 atom stereocenters. The molecular formula is C21H16O7. The van der Waals surface area contributed by atoms with Crippen LogP contribution < -0.4 is 14.9 Å². The van der Waals surface area contributed by atoms with Crippen molar-refractivity contribution in [2.24, 2.45) is 5.92 Å². The van der Waals surface area contributed by atoms with Crippen molar-refractivity contribution in [3.8, 4) is 17.2 Å². The van der Waals surface area contributed by atoms with Gasteiger partial charge in [-0.2, -0.15) is 0 Å². The van der Waals surface area contributed by atoms with E-state index in [9.17, 15) is 14.4 Å². The Labute approximate surface area is 159 Å². The van der Waals surface area contributed by atoms with E-state index in [1.165, 1.54) is 37.6 Å². The minimum absolute atomic E-state index is 0.000966. The lowest BCUT2D eigenvalue weighted by Crippen LogP contribution is -2.10. The van der Waals surface area contributed by atoms with Gasteiger partial charge in [0.25, 0.3) is 0 Å². The number of esters is 2. The van der Waals surface area contributed by atoms with Crippen LogP contribution in [0.5, 0.6) is 17.2 Å². The fourth-order valence-electron chi connectivity index (χ4n) is 2.65. The molecule has 2 aromatic carbocycles. The van der Waals surface area contributed by atoms with E-state index in [1.54, 1.807) is 18.2 Å². The number of hydrogen-bond acceptors (Lipinski definition) is 7. The lowest BCUT2D eigenvalue weighted by atomic mass is 10.2. The Morgan fingerprint density at radius 2 is 1.75 bits per heavy atom. The smallest absolute Gasteiger partial charge is 0.337 e. The molecule has 4 rings (SSSR count). The highest BCUT2D eigenvalue weighted by molar-refractivity contribution is 5.89. The van der Waals surface area contributed by atoms with Gasteiger partial charge in [0, 0.05) is 6.07 Å². The Balaban J connectivity index is 1.56. The molecule has 1 aliphatic rings. The summed E-state index contributed by atoms with van der Waals surface area (Å²) in [4.78, 5) is 35.9. The maximum atomic E-state index is 12.6. The Morgan fingerprint density at radius 1 is 1.04 bits per heavy atom. The molecule has 0 bridgehead atoms. The van der Waals surface area contributed by atoms with Crippen LogP contribution in [-0.2, 0) is 9.53 Å². The van der Waals surface area contributed by atoms with E-state index >= 15 is 0 Å². The van der Waals surface area contributed by atoms with Gasteiger partial charge in [0.15, 0.2) is 0 Å². The van der Waals surface area contributed by atoms with Crippen LogP contribution in [0.1, 0.15) is 23.2 Å². The van der Waals surface area contributed by atoms with E-state index in [-0.39, 0.29) is 23.1 Å². The monoisotopic (exact) mass is 380 g/mol. The molecule has 1 heterocycles. The van der Waals surface area contributed by atoms with Gasteiger partial charge in [-0.05, 0) is 49.2 Å². The lowest BCUT2D eigenvalue weighted by Gasteiger charge is -2.07. The fraction of sp³-hybridized carbons (Fsp3) is 0.190. The van der Waals surface area contributed by atoms with Gasteiger partial charge in [-0.1, -0.05) is 0 Å². The summed E-state index contributed by atoms with van der Waals surface area (Å²) in [5, 5.41) is 0.301. The number of rotatable bonds is 5. The minimum Gasteiger partial charge on any atom is -0.465 e. The van der Waals surface area contributed by atoms with Crippen molar-refractivity contribution in [3.05, 3.63) is 64.5 Å². The predicted molar refractivity (Wildman–Crippen MR) is 98.7 cm³/mol. The highest BCUT2D eigenvalue weighted by Crippen LogP contribution is 2.31. The van der Waals surface area contributed by atoms with E-state index < -0.39 is 5.97 Å². The van der Waals surface area contributed by atoms with E-state index in [0.717, 1.165) is 12.8 Å². The van der Waals surface area contributed by atoms with Crippen molar-refractivity contribution in [1.29, 1.82) is 0 Å². The zero-order chi connectivity index (χ0) is 19.7. The normalized spacial score (nSPS) is 13.2. The maximum Gasteiger partial charge on any atom is 0.337 e. The Hall–Kier alpha value is -3.61. The van der Waals surface area contributed by atoms with Crippen molar-refractivity contribution in [1.82, 2.24) is 0 Å². The molecule has 0 N–H and O–H groups in total. The van der Waals surface area contributed by atoms with Gasteiger partial charge < -0.3 is 18.6 Å². The summed E-state index contributed by atoms with van der Waals surface area (Å²) in [5.41, 5.74) is 0.298. The number of carbonyl (C=O) groups is 2. The molecule has 28 heavy (non-hydrogen) atoms. The summed E-state index contributed by atoms with van der Waals surface area (Å²) < 4.78 is 21.0.